The summed E-state index contributed by atoms with van der Waals surface area (Å²) in [7, 11) is 0. The average Bonchev–Trinajstić information content (AvgIpc) is 3.19. The number of carbonyl (C=O) groups is 1. The fourth-order valence-corrected chi connectivity index (χ4v) is 4.39. The topological polar surface area (TPSA) is 74.2 Å². The van der Waals surface area contributed by atoms with Gasteiger partial charge in [0.25, 0.3) is 0 Å². The first-order chi connectivity index (χ1) is 15.7. The fourth-order valence-electron chi connectivity index (χ4n) is 3.68. The molecule has 1 aromatic carbocycles. The van der Waals surface area contributed by atoms with Gasteiger partial charge in [-0.3, -0.25) is 4.79 Å². The van der Waals surface area contributed by atoms with Crippen LogP contribution in [-0.4, -0.2) is 51.9 Å². The van der Waals surface area contributed by atoms with Crippen molar-refractivity contribution < 1.29 is 18.0 Å². The van der Waals surface area contributed by atoms with E-state index in [9.17, 15) is 18.0 Å². The molecule has 2 aromatic heterocycles. The van der Waals surface area contributed by atoms with Crippen molar-refractivity contribution in [1.29, 1.82) is 0 Å². The molecular weight excluding hydrogens is 453 g/mol. The summed E-state index contributed by atoms with van der Waals surface area (Å²) in [6, 6.07) is 7.17. The van der Waals surface area contributed by atoms with Crippen molar-refractivity contribution in [3.8, 4) is 0 Å². The predicted octanol–water partition coefficient (Wildman–Crippen LogP) is 4.20. The molecule has 174 valence electrons. The molecular formula is C22H23F3N6OS. The van der Waals surface area contributed by atoms with Crippen LogP contribution in [0.5, 0.6) is 0 Å². The van der Waals surface area contributed by atoms with Gasteiger partial charge >= 0.3 is 6.18 Å². The number of amides is 1. The van der Waals surface area contributed by atoms with Gasteiger partial charge in [0.2, 0.25) is 11.9 Å². The summed E-state index contributed by atoms with van der Waals surface area (Å²) in [6.07, 6.45) is -4.21. The number of aryl methyl sites for hydroxylation is 2. The molecule has 0 bridgehead atoms. The van der Waals surface area contributed by atoms with Crippen molar-refractivity contribution >= 4 is 34.0 Å². The van der Waals surface area contributed by atoms with Gasteiger partial charge < -0.3 is 15.1 Å². The van der Waals surface area contributed by atoms with Gasteiger partial charge in [-0.05, 0) is 38.1 Å². The van der Waals surface area contributed by atoms with Crippen molar-refractivity contribution in [2.75, 3.05) is 36.4 Å². The zero-order valence-electron chi connectivity index (χ0n) is 18.2. The van der Waals surface area contributed by atoms with Crippen LogP contribution in [0.1, 0.15) is 22.6 Å². The highest BCUT2D eigenvalue weighted by Crippen LogP contribution is 2.32. The van der Waals surface area contributed by atoms with Crippen LogP contribution in [-0.2, 0) is 17.4 Å². The zero-order valence-corrected chi connectivity index (χ0v) is 19.0. The fraction of sp³-hybridized carbons (Fsp3) is 0.364. The van der Waals surface area contributed by atoms with Crippen molar-refractivity contribution in [3.05, 3.63) is 58.4 Å². The Bertz CT molecular complexity index is 1120. The van der Waals surface area contributed by atoms with Gasteiger partial charge in [-0.15, -0.1) is 11.3 Å². The third-order valence-electron chi connectivity index (χ3n) is 5.26. The number of alkyl halides is 3. The summed E-state index contributed by atoms with van der Waals surface area (Å²) in [4.78, 5) is 29.4. The number of piperazine rings is 1. The zero-order chi connectivity index (χ0) is 23.6. The van der Waals surface area contributed by atoms with E-state index in [1.807, 2.05) is 30.2 Å². The molecule has 1 saturated heterocycles. The quantitative estimate of drug-likeness (QED) is 0.595. The lowest BCUT2D eigenvalue weighted by Crippen LogP contribution is -2.49. The number of benzene rings is 1. The Kier molecular flexibility index (Phi) is 6.50. The number of aromatic nitrogens is 3. The van der Waals surface area contributed by atoms with Gasteiger partial charge in [0, 0.05) is 48.6 Å². The van der Waals surface area contributed by atoms with E-state index in [0.29, 0.717) is 48.6 Å². The molecule has 0 atom stereocenters. The molecule has 0 radical (unpaired) electrons. The second kappa shape index (κ2) is 9.34. The van der Waals surface area contributed by atoms with Crippen LogP contribution in [0.3, 0.4) is 0 Å². The minimum atomic E-state index is -4.38. The normalized spacial score (nSPS) is 14.5. The number of rotatable bonds is 5. The van der Waals surface area contributed by atoms with Crippen molar-refractivity contribution in [2.45, 2.75) is 26.4 Å². The monoisotopic (exact) mass is 476 g/mol. The van der Waals surface area contributed by atoms with E-state index in [4.69, 9.17) is 0 Å². The Morgan fingerprint density at radius 3 is 2.42 bits per heavy atom. The third kappa shape index (κ3) is 5.78. The second-order valence-corrected chi connectivity index (χ2v) is 8.69. The van der Waals surface area contributed by atoms with Crippen LogP contribution in [0.4, 0.5) is 29.9 Å². The molecule has 1 aliphatic heterocycles. The van der Waals surface area contributed by atoms with E-state index < -0.39 is 11.7 Å². The molecule has 1 aliphatic rings. The van der Waals surface area contributed by atoms with Crippen molar-refractivity contribution in [3.63, 3.8) is 0 Å². The number of thiazole rings is 1. The molecule has 1 amide bonds. The maximum absolute atomic E-state index is 13.0. The van der Waals surface area contributed by atoms with E-state index >= 15 is 0 Å². The largest absolute Gasteiger partial charge is 0.416 e. The van der Waals surface area contributed by atoms with Crippen LogP contribution in [0.15, 0.2) is 35.7 Å². The highest BCUT2D eigenvalue weighted by atomic mass is 32.1. The van der Waals surface area contributed by atoms with Crippen LogP contribution < -0.4 is 10.2 Å². The molecule has 7 nitrogen and oxygen atoms in total. The predicted molar refractivity (Wildman–Crippen MR) is 121 cm³/mol. The minimum absolute atomic E-state index is 0.0572. The number of nitrogens with zero attached hydrogens (tertiary/aromatic N) is 5. The second-order valence-electron chi connectivity index (χ2n) is 7.84. The maximum Gasteiger partial charge on any atom is 0.416 e. The third-order valence-corrected chi connectivity index (χ3v) is 6.06. The lowest BCUT2D eigenvalue weighted by molar-refractivity contribution is -0.137. The lowest BCUT2D eigenvalue weighted by atomic mass is 10.1. The van der Waals surface area contributed by atoms with E-state index in [1.54, 1.807) is 11.0 Å². The molecule has 3 heterocycles. The van der Waals surface area contributed by atoms with E-state index in [2.05, 4.69) is 20.3 Å². The van der Waals surface area contributed by atoms with Gasteiger partial charge in [-0.25, -0.2) is 15.0 Å². The summed E-state index contributed by atoms with van der Waals surface area (Å²) in [5, 5.41) is 5.50. The van der Waals surface area contributed by atoms with Crippen molar-refractivity contribution in [1.82, 2.24) is 19.9 Å². The average molecular weight is 477 g/mol. The molecule has 1 N–H and O–H groups in total. The first-order valence-corrected chi connectivity index (χ1v) is 11.3. The van der Waals surface area contributed by atoms with E-state index in [1.165, 1.54) is 17.4 Å². The highest BCUT2D eigenvalue weighted by molar-refractivity contribution is 7.13. The number of nitrogens with one attached hydrogen (secondary N) is 1. The number of anilines is 3. The molecule has 0 unspecified atom stereocenters. The summed E-state index contributed by atoms with van der Waals surface area (Å²) in [5.74, 6) is 0.406. The molecule has 1 fully saturated rings. The molecule has 0 spiro atoms. The van der Waals surface area contributed by atoms with Gasteiger partial charge in [-0.1, -0.05) is 6.07 Å². The highest BCUT2D eigenvalue weighted by Gasteiger charge is 2.31. The lowest BCUT2D eigenvalue weighted by Gasteiger charge is -2.36. The van der Waals surface area contributed by atoms with E-state index in [0.717, 1.165) is 23.5 Å². The van der Waals surface area contributed by atoms with Gasteiger partial charge in [0.1, 0.15) is 0 Å². The Morgan fingerprint density at radius 2 is 1.76 bits per heavy atom. The van der Waals surface area contributed by atoms with E-state index in [-0.39, 0.29) is 12.3 Å². The van der Waals surface area contributed by atoms with Crippen LogP contribution >= 0.6 is 11.3 Å². The Hall–Kier alpha value is -3.21. The molecule has 4 rings (SSSR count). The Balaban J connectivity index is 1.32. The van der Waals surface area contributed by atoms with Gasteiger partial charge in [0.15, 0.2) is 5.13 Å². The maximum atomic E-state index is 13.0. The van der Waals surface area contributed by atoms with Crippen LogP contribution in [0.25, 0.3) is 0 Å². The SMILES string of the molecule is Cc1cc(C)nc(Nc2nc(CC(=O)N3CCN(c4cccc(C(F)(F)F)c4)CC3)cs2)n1. The Labute approximate surface area is 193 Å². The first-order valence-electron chi connectivity index (χ1n) is 10.4. The molecule has 3 aromatic rings. The first kappa shape index (κ1) is 23.0. The smallest absolute Gasteiger partial charge is 0.368 e. The number of hydrogen-bond acceptors (Lipinski definition) is 7. The minimum Gasteiger partial charge on any atom is -0.368 e. The number of carbonyl (C=O) groups excluding carboxylic acids is 1. The molecule has 11 heteroatoms. The molecule has 0 aliphatic carbocycles. The van der Waals surface area contributed by atoms with Crippen molar-refractivity contribution in [2.24, 2.45) is 0 Å². The summed E-state index contributed by atoms with van der Waals surface area (Å²) in [6.45, 7) is 5.61. The number of hydrogen-bond donors (Lipinski definition) is 1. The summed E-state index contributed by atoms with van der Waals surface area (Å²) >= 11 is 1.37. The summed E-state index contributed by atoms with van der Waals surface area (Å²) < 4.78 is 38.9. The van der Waals surface area contributed by atoms with Crippen LogP contribution in [0.2, 0.25) is 0 Å². The molecule has 33 heavy (non-hydrogen) atoms. The standard InChI is InChI=1S/C22H23F3N6OS/c1-14-10-15(2)27-20(26-14)29-21-28-17(13-33-21)12-19(32)31-8-6-30(7-9-31)18-5-3-4-16(11-18)22(23,24)25/h3-5,10-11,13H,6-9,12H2,1-2H3,(H,26,27,28,29). The summed E-state index contributed by atoms with van der Waals surface area (Å²) in [5.41, 5.74) is 2.19. The van der Waals surface area contributed by atoms with Crippen LogP contribution in [0, 0.1) is 13.8 Å². The number of halogens is 3. The molecule has 0 saturated carbocycles. The van der Waals surface area contributed by atoms with Gasteiger partial charge in [-0.2, -0.15) is 13.2 Å². The van der Waals surface area contributed by atoms with Gasteiger partial charge in [0.05, 0.1) is 17.7 Å². The Morgan fingerprint density at radius 1 is 1.06 bits per heavy atom.